The number of benzene rings is 3. The summed E-state index contributed by atoms with van der Waals surface area (Å²) in [4.78, 5) is 23.6. The molecule has 2 N–H and O–H groups in total. The topological polar surface area (TPSA) is 79.4 Å². The highest BCUT2D eigenvalue weighted by Crippen LogP contribution is 2.23. The largest absolute Gasteiger partial charge is 0.378 e. The second-order valence-electron chi connectivity index (χ2n) is 8.75. The third kappa shape index (κ3) is 6.48. The zero-order valence-electron chi connectivity index (χ0n) is 20.4. The van der Waals surface area contributed by atoms with E-state index in [-0.39, 0.29) is 18.1 Å². The van der Waals surface area contributed by atoms with Crippen LogP contribution in [0.1, 0.15) is 12.0 Å². The summed E-state index contributed by atoms with van der Waals surface area (Å²) in [5.41, 5.74) is 4.95. The number of halogens is 1. The molecule has 1 fully saturated rings. The number of aryl methyl sites for hydroxylation is 1. The first-order valence-electron chi connectivity index (χ1n) is 12.3. The predicted octanol–water partition coefficient (Wildman–Crippen LogP) is 5.43. The van der Waals surface area contributed by atoms with Crippen molar-refractivity contribution in [1.82, 2.24) is 9.97 Å². The fraction of sp³-hybridized carbons (Fsp3) is 0.207. The van der Waals surface area contributed by atoms with Gasteiger partial charge in [0.1, 0.15) is 5.82 Å². The van der Waals surface area contributed by atoms with E-state index in [0.717, 1.165) is 43.2 Å². The first-order chi connectivity index (χ1) is 18.1. The fourth-order valence-corrected chi connectivity index (χ4v) is 4.18. The number of rotatable bonds is 8. The molecule has 0 saturated carbocycles. The molecule has 1 saturated heterocycles. The first-order valence-corrected chi connectivity index (χ1v) is 12.3. The highest BCUT2D eigenvalue weighted by molar-refractivity contribution is 5.91. The average Bonchev–Trinajstić information content (AvgIpc) is 2.94. The molecule has 0 radical (unpaired) electrons. The number of amides is 1. The van der Waals surface area contributed by atoms with E-state index in [1.807, 2.05) is 42.5 Å². The first kappa shape index (κ1) is 24.4. The molecule has 3 aromatic carbocycles. The fourth-order valence-electron chi connectivity index (χ4n) is 4.18. The molecule has 37 heavy (non-hydrogen) atoms. The van der Waals surface area contributed by atoms with Crippen molar-refractivity contribution in [3.05, 3.63) is 96.4 Å². The van der Waals surface area contributed by atoms with Gasteiger partial charge in [-0.1, -0.05) is 30.3 Å². The molecule has 0 atom stereocenters. The van der Waals surface area contributed by atoms with Gasteiger partial charge in [0.15, 0.2) is 0 Å². The molecule has 4 aromatic rings. The Bertz CT molecular complexity index is 1340. The minimum absolute atomic E-state index is 0.163. The molecule has 0 unspecified atom stereocenters. The molecular weight excluding hydrogens is 469 g/mol. The van der Waals surface area contributed by atoms with Crippen LogP contribution in [-0.2, 0) is 16.0 Å². The lowest BCUT2D eigenvalue weighted by Gasteiger charge is -2.28. The zero-order chi connectivity index (χ0) is 25.5. The Morgan fingerprint density at radius 3 is 2.41 bits per heavy atom. The normalized spacial score (nSPS) is 13.3. The molecule has 5 rings (SSSR count). The van der Waals surface area contributed by atoms with Crippen molar-refractivity contribution in [3.8, 4) is 11.3 Å². The van der Waals surface area contributed by atoms with Gasteiger partial charge in [-0.2, -0.15) is 0 Å². The number of carbonyl (C=O) groups excluding carboxylic acids is 1. The van der Waals surface area contributed by atoms with Crippen LogP contribution in [-0.4, -0.2) is 42.2 Å². The number of hydrogen-bond acceptors (Lipinski definition) is 6. The lowest BCUT2D eigenvalue weighted by atomic mass is 10.1. The van der Waals surface area contributed by atoms with Crippen molar-refractivity contribution in [1.29, 1.82) is 0 Å². The third-order valence-corrected chi connectivity index (χ3v) is 6.20. The van der Waals surface area contributed by atoms with Gasteiger partial charge in [0.2, 0.25) is 11.9 Å². The molecule has 1 aromatic heterocycles. The van der Waals surface area contributed by atoms with Crippen LogP contribution in [0, 0.1) is 5.82 Å². The second kappa shape index (κ2) is 11.6. The molecule has 0 aliphatic carbocycles. The molecule has 0 bridgehead atoms. The minimum Gasteiger partial charge on any atom is -0.378 e. The average molecular weight is 498 g/mol. The predicted molar refractivity (Wildman–Crippen MR) is 144 cm³/mol. The van der Waals surface area contributed by atoms with Gasteiger partial charge in [-0.3, -0.25) is 4.79 Å². The summed E-state index contributed by atoms with van der Waals surface area (Å²) < 4.78 is 19.2. The number of nitrogens with one attached hydrogen (secondary N) is 2. The Kier molecular flexibility index (Phi) is 7.66. The maximum Gasteiger partial charge on any atom is 0.227 e. The van der Waals surface area contributed by atoms with Crippen LogP contribution in [0.3, 0.4) is 0 Å². The summed E-state index contributed by atoms with van der Waals surface area (Å²) in [6.45, 7) is 3.30. The van der Waals surface area contributed by atoms with Crippen molar-refractivity contribution in [3.63, 3.8) is 0 Å². The monoisotopic (exact) mass is 497 g/mol. The van der Waals surface area contributed by atoms with Gasteiger partial charge in [0, 0.05) is 48.3 Å². The lowest BCUT2D eigenvalue weighted by Crippen LogP contribution is -2.36. The summed E-state index contributed by atoms with van der Waals surface area (Å²) >= 11 is 0. The Hall–Kier alpha value is -4.30. The Morgan fingerprint density at radius 1 is 0.919 bits per heavy atom. The lowest BCUT2D eigenvalue weighted by molar-refractivity contribution is -0.116. The quantitative estimate of drug-likeness (QED) is 0.338. The molecule has 1 aliphatic heterocycles. The highest BCUT2D eigenvalue weighted by atomic mass is 19.1. The van der Waals surface area contributed by atoms with Crippen LogP contribution < -0.4 is 15.5 Å². The molecule has 8 heteroatoms. The van der Waals surface area contributed by atoms with Crippen molar-refractivity contribution in [2.75, 3.05) is 41.8 Å². The van der Waals surface area contributed by atoms with Crippen LogP contribution in [0.5, 0.6) is 0 Å². The minimum atomic E-state index is -0.289. The number of carbonyl (C=O) groups is 1. The molecular formula is C29H28FN5O2. The van der Waals surface area contributed by atoms with Crippen LogP contribution in [0.4, 0.5) is 27.4 Å². The van der Waals surface area contributed by atoms with Crippen molar-refractivity contribution in [2.45, 2.75) is 12.8 Å². The number of anilines is 4. The molecule has 7 nitrogen and oxygen atoms in total. The van der Waals surface area contributed by atoms with E-state index in [9.17, 15) is 9.18 Å². The van der Waals surface area contributed by atoms with Crippen LogP contribution >= 0.6 is 0 Å². The Morgan fingerprint density at radius 2 is 1.65 bits per heavy atom. The number of nitrogens with zero attached hydrogens (tertiary/aromatic N) is 3. The summed E-state index contributed by atoms with van der Waals surface area (Å²) in [6.07, 6.45) is 2.27. The molecule has 1 amide bonds. The third-order valence-electron chi connectivity index (χ3n) is 6.20. The van der Waals surface area contributed by atoms with Gasteiger partial charge >= 0.3 is 0 Å². The van der Waals surface area contributed by atoms with E-state index in [1.165, 1.54) is 11.8 Å². The Balaban J connectivity index is 1.18. The molecule has 2 heterocycles. The van der Waals surface area contributed by atoms with Gasteiger partial charge in [-0.15, -0.1) is 0 Å². The smallest absolute Gasteiger partial charge is 0.227 e. The van der Waals surface area contributed by atoms with E-state index in [2.05, 4.69) is 37.6 Å². The maximum atomic E-state index is 13.8. The van der Waals surface area contributed by atoms with E-state index >= 15 is 0 Å². The van der Waals surface area contributed by atoms with Gasteiger partial charge < -0.3 is 20.3 Å². The van der Waals surface area contributed by atoms with Gasteiger partial charge in [-0.05, 0) is 60.5 Å². The van der Waals surface area contributed by atoms with Gasteiger partial charge in [0.25, 0.3) is 0 Å². The van der Waals surface area contributed by atoms with Crippen LogP contribution in [0.25, 0.3) is 11.3 Å². The van der Waals surface area contributed by atoms with Gasteiger partial charge in [-0.25, -0.2) is 14.4 Å². The van der Waals surface area contributed by atoms with E-state index in [1.54, 1.807) is 24.4 Å². The summed E-state index contributed by atoms with van der Waals surface area (Å²) in [6, 6.07) is 24.0. The van der Waals surface area contributed by atoms with Crippen LogP contribution in [0.15, 0.2) is 85.1 Å². The summed E-state index contributed by atoms with van der Waals surface area (Å²) in [7, 11) is 0. The van der Waals surface area contributed by atoms with Crippen molar-refractivity contribution < 1.29 is 13.9 Å². The maximum absolute atomic E-state index is 13.8. The van der Waals surface area contributed by atoms with E-state index in [4.69, 9.17) is 4.74 Å². The zero-order valence-corrected chi connectivity index (χ0v) is 20.4. The van der Waals surface area contributed by atoms with Crippen molar-refractivity contribution >= 4 is 28.9 Å². The summed E-state index contributed by atoms with van der Waals surface area (Å²) in [5.74, 6) is 0.0506. The molecule has 188 valence electrons. The summed E-state index contributed by atoms with van der Waals surface area (Å²) in [5, 5.41) is 6.13. The van der Waals surface area contributed by atoms with Crippen LogP contribution in [0.2, 0.25) is 0 Å². The standard InChI is InChI=1S/C29H28FN5O2/c30-26-4-2-1-3-21(26)7-14-28(36)32-23-8-5-22(6-9-23)27-15-16-31-29(34-27)33-24-10-12-25(13-11-24)35-17-19-37-20-18-35/h1-6,8-13,15-16H,7,14,17-20H2,(H,32,36)(H,31,33,34). The van der Waals surface area contributed by atoms with E-state index in [0.29, 0.717) is 23.6 Å². The number of morpholine rings is 1. The number of aromatic nitrogens is 2. The molecule has 1 aliphatic rings. The number of hydrogen-bond donors (Lipinski definition) is 2. The number of ether oxygens (including phenoxy) is 1. The second-order valence-corrected chi connectivity index (χ2v) is 8.75. The van der Waals surface area contributed by atoms with Crippen molar-refractivity contribution in [2.24, 2.45) is 0 Å². The Labute approximate surface area is 215 Å². The van der Waals surface area contributed by atoms with Gasteiger partial charge in [0.05, 0.1) is 18.9 Å². The van der Waals surface area contributed by atoms with E-state index < -0.39 is 0 Å². The SMILES string of the molecule is O=C(CCc1ccccc1F)Nc1ccc(-c2ccnc(Nc3ccc(N4CCOCC4)cc3)n2)cc1. The molecule has 0 spiro atoms. The highest BCUT2D eigenvalue weighted by Gasteiger charge is 2.11.